The van der Waals surface area contributed by atoms with Gasteiger partial charge in [0.05, 0.1) is 12.0 Å². The van der Waals surface area contributed by atoms with Crippen molar-refractivity contribution in [2.75, 3.05) is 32.6 Å². The number of rotatable bonds is 6. The van der Waals surface area contributed by atoms with E-state index in [1.54, 1.807) is 26.0 Å². The van der Waals surface area contributed by atoms with E-state index in [2.05, 4.69) is 5.32 Å². The average Bonchev–Trinajstić information content (AvgIpc) is 2.89. The van der Waals surface area contributed by atoms with Gasteiger partial charge in [0.15, 0.2) is 0 Å². The maximum absolute atomic E-state index is 13.3. The van der Waals surface area contributed by atoms with E-state index >= 15 is 0 Å². The number of benzene rings is 2. The van der Waals surface area contributed by atoms with Crippen molar-refractivity contribution in [3.63, 3.8) is 0 Å². The number of hydrogen-bond donors (Lipinski definition) is 1. The average molecular weight is 379 g/mol. The lowest BCUT2D eigenvalue weighted by atomic mass is 9.73. The molecule has 0 radical (unpaired) electrons. The van der Waals surface area contributed by atoms with Crippen molar-refractivity contribution in [3.8, 4) is 0 Å². The molecule has 0 fully saturated rings. The van der Waals surface area contributed by atoms with Crippen LogP contribution in [0.5, 0.6) is 0 Å². The van der Waals surface area contributed by atoms with Crippen LogP contribution in [-0.4, -0.2) is 50.3 Å². The first-order chi connectivity index (χ1) is 13.3. The standard InChI is InChI=1S/C22H25N3O3/c1-24(2)20(27)15-23-19(26)14-22(13-16-9-5-4-6-10-16)17-11-7-8-12-18(17)25(3)21(22)28/h4-12H,13-15H2,1-3H3,(H,23,26). The van der Waals surface area contributed by atoms with E-state index < -0.39 is 5.41 Å². The number of fused-ring (bicyclic) bond motifs is 1. The van der Waals surface area contributed by atoms with Crippen molar-refractivity contribution in [3.05, 3.63) is 65.7 Å². The van der Waals surface area contributed by atoms with Gasteiger partial charge < -0.3 is 15.1 Å². The van der Waals surface area contributed by atoms with Crippen molar-refractivity contribution < 1.29 is 14.4 Å². The van der Waals surface area contributed by atoms with Gasteiger partial charge in [-0.1, -0.05) is 48.5 Å². The van der Waals surface area contributed by atoms with Gasteiger partial charge >= 0.3 is 0 Å². The number of nitrogens with one attached hydrogen (secondary N) is 1. The summed E-state index contributed by atoms with van der Waals surface area (Å²) in [6.07, 6.45) is 0.409. The number of carbonyl (C=O) groups is 3. The Morgan fingerprint density at radius 3 is 2.36 bits per heavy atom. The predicted octanol–water partition coefficient (Wildman–Crippen LogP) is 1.74. The summed E-state index contributed by atoms with van der Waals surface area (Å²) in [5.41, 5.74) is 1.66. The first-order valence-corrected chi connectivity index (χ1v) is 9.23. The SMILES string of the molecule is CN(C)C(=O)CNC(=O)CC1(Cc2ccccc2)C(=O)N(C)c2ccccc21. The lowest BCUT2D eigenvalue weighted by Crippen LogP contribution is -2.45. The minimum atomic E-state index is -0.988. The number of likely N-dealkylation sites (N-methyl/N-ethyl adjacent to an activating group) is 2. The monoisotopic (exact) mass is 379 g/mol. The molecule has 1 aliphatic rings. The highest BCUT2D eigenvalue weighted by Gasteiger charge is 2.50. The molecule has 0 spiro atoms. The molecule has 0 saturated heterocycles. The van der Waals surface area contributed by atoms with Crippen LogP contribution in [0, 0.1) is 0 Å². The van der Waals surface area contributed by atoms with E-state index in [-0.39, 0.29) is 30.7 Å². The number of carbonyl (C=O) groups excluding carboxylic acids is 3. The molecule has 1 N–H and O–H groups in total. The van der Waals surface area contributed by atoms with Crippen LogP contribution >= 0.6 is 0 Å². The Bertz CT molecular complexity index is 895. The molecule has 1 aliphatic heterocycles. The Morgan fingerprint density at radius 1 is 1.04 bits per heavy atom. The van der Waals surface area contributed by atoms with Crippen LogP contribution < -0.4 is 10.2 Å². The van der Waals surface area contributed by atoms with Gasteiger partial charge in [0, 0.05) is 33.3 Å². The third-order valence-corrected chi connectivity index (χ3v) is 5.24. The quantitative estimate of drug-likeness (QED) is 0.831. The molecule has 0 aromatic heterocycles. The zero-order chi connectivity index (χ0) is 20.3. The Kier molecular flexibility index (Phi) is 5.49. The van der Waals surface area contributed by atoms with Gasteiger partial charge in [0.25, 0.3) is 0 Å². The first kappa shape index (κ1) is 19.6. The third kappa shape index (κ3) is 3.63. The van der Waals surface area contributed by atoms with Crippen molar-refractivity contribution in [2.24, 2.45) is 0 Å². The summed E-state index contributed by atoms with van der Waals surface area (Å²) in [4.78, 5) is 40.9. The molecule has 1 atom stereocenters. The number of nitrogens with zero attached hydrogens (tertiary/aromatic N) is 2. The van der Waals surface area contributed by atoms with E-state index in [0.29, 0.717) is 6.42 Å². The minimum Gasteiger partial charge on any atom is -0.347 e. The molecule has 3 amide bonds. The largest absolute Gasteiger partial charge is 0.347 e. The minimum absolute atomic E-state index is 0.0111. The molecule has 6 heteroatoms. The van der Waals surface area contributed by atoms with E-state index in [1.165, 1.54) is 4.90 Å². The summed E-state index contributed by atoms with van der Waals surface area (Å²) >= 11 is 0. The maximum atomic E-state index is 13.3. The predicted molar refractivity (Wildman–Crippen MR) is 108 cm³/mol. The van der Waals surface area contributed by atoms with Crippen LogP contribution in [0.15, 0.2) is 54.6 Å². The van der Waals surface area contributed by atoms with E-state index in [0.717, 1.165) is 16.8 Å². The van der Waals surface area contributed by atoms with Gasteiger partial charge in [0.2, 0.25) is 17.7 Å². The van der Waals surface area contributed by atoms with Crippen molar-refractivity contribution in [2.45, 2.75) is 18.3 Å². The van der Waals surface area contributed by atoms with Gasteiger partial charge in [-0.25, -0.2) is 0 Å². The highest BCUT2D eigenvalue weighted by Crippen LogP contribution is 2.45. The van der Waals surface area contributed by atoms with E-state index in [1.807, 2.05) is 54.6 Å². The Balaban J connectivity index is 1.94. The second-order valence-electron chi connectivity index (χ2n) is 7.37. The fourth-order valence-corrected chi connectivity index (χ4v) is 3.73. The third-order valence-electron chi connectivity index (χ3n) is 5.24. The van der Waals surface area contributed by atoms with Gasteiger partial charge in [-0.05, 0) is 23.6 Å². The van der Waals surface area contributed by atoms with Crippen molar-refractivity contribution >= 4 is 23.4 Å². The molecule has 1 unspecified atom stereocenters. The summed E-state index contributed by atoms with van der Waals surface area (Å²) < 4.78 is 0. The molecular weight excluding hydrogens is 354 g/mol. The second kappa shape index (κ2) is 7.84. The van der Waals surface area contributed by atoms with Crippen LogP contribution in [-0.2, 0) is 26.2 Å². The van der Waals surface area contributed by atoms with Gasteiger partial charge in [-0.3, -0.25) is 14.4 Å². The van der Waals surface area contributed by atoms with Crippen LogP contribution in [0.1, 0.15) is 17.5 Å². The maximum Gasteiger partial charge on any atom is 0.241 e. The molecule has 6 nitrogen and oxygen atoms in total. The molecule has 2 aromatic carbocycles. The molecule has 28 heavy (non-hydrogen) atoms. The molecule has 146 valence electrons. The number of hydrogen-bond acceptors (Lipinski definition) is 3. The molecule has 0 saturated carbocycles. The Morgan fingerprint density at radius 2 is 1.68 bits per heavy atom. The van der Waals surface area contributed by atoms with Crippen molar-refractivity contribution in [1.82, 2.24) is 10.2 Å². The number of para-hydroxylation sites is 1. The molecular formula is C22H25N3O3. The van der Waals surface area contributed by atoms with Gasteiger partial charge in [-0.15, -0.1) is 0 Å². The first-order valence-electron chi connectivity index (χ1n) is 9.23. The number of anilines is 1. The molecule has 0 bridgehead atoms. The number of amides is 3. The van der Waals surface area contributed by atoms with E-state index in [9.17, 15) is 14.4 Å². The van der Waals surface area contributed by atoms with E-state index in [4.69, 9.17) is 0 Å². The molecule has 0 aliphatic carbocycles. The lowest BCUT2D eigenvalue weighted by molar-refractivity contribution is -0.132. The Labute approximate surface area is 165 Å². The summed E-state index contributed by atoms with van der Waals surface area (Å²) in [5, 5.41) is 2.67. The van der Waals surface area contributed by atoms with Crippen LogP contribution in [0.3, 0.4) is 0 Å². The topological polar surface area (TPSA) is 69.7 Å². The smallest absolute Gasteiger partial charge is 0.241 e. The zero-order valence-corrected chi connectivity index (χ0v) is 16.4. The second-order valence-corrected chi connectivity index (χ2v) is 7.37. The van der Waals surface area contributed by atoms with Crippen LogP contribution in [0.4, 0.5) is 5.69 Å². The molecule has 1 heterocycles. The van der Waals surface area contributed by atoms with Gasteiger partial charge in [0.1, 0.15) is 0 Å². The summed E-state index contributed by atoms with van der Waals surface area (Å²) in [5.74, 6) is -0.614. The summed E-state index contributed by atoms with van der Waals surface area (Å²) in [7, 11) is 5.01. The lowest BCUT2D eigenvalue weighted by Gasteiger charge is -2.28. The molecule has 3 rings (SSSR count). The highest BCUT2D eigenvalue weighted by molar-refractivity contribution is 6.10. The van der Waals surface area contributed by atoms with Gasteiger partial charge in [-0.2, -0.15) is 0 Å². The fourth-order valence-electron chi connectivity index (χ4n) is 3.73. The Hall–Kier alpha value is -3.15. The summed E-state index contributed by atoms with van der Waals surface area (Å²) in [6, 6.07) is 17.3. The van der Waals surface area contributed by atoms with Crippen molar-refractivity contribution in [1.29, 1.82) is 0 Å². The van der Waals surface area contributed by atoms with Crippen LogP contribution in [0.25, 0.3) is 0 Å². The highest BCUT2D eigenvalue weighted by atomic mass is 16.2. The summed E-state index contributed by atoms with van der Waals surface area (Å²) in [6.45, 7) is -0.0844. The zero-order valence-electron chi connectivity index (χ0n) is 16.4. The normalized spacial score (nSPS) is 18.0. The fraction of sp³-hybridized carbons (Fsp3) is 0.318. The molecule has 2 aromatic rings. The van der Waals surface area contributed by atoms with Crippen LogP contribution in [0.2, 0.25) is 0 Å².